The third-order valence-electron chi connectivity index (χ3n) is 4.37. The maximum absolute atomic E-state index is 11.7. The van der Waals surface area contributed by atoms with Gasteiger partial charge in [0.05, 0.1) is 6.61 Å². The lowest BCUT2D eigenvalue weighted by Gasteiger charge is -2.18. The highest BCUT2D eigenvalue weighted by atomic mass is 16.5. The highest BCUT2D eigenvalue weighted by Gasteiger charge is 2.25. The van der Waals surface area contributed by atoms with E-state index in [0.29, 0.717) is 13.0 Å². The summed E-state index contributed by atoms with van der Waals surface area (Å²) in [6.45, 7) is 6.98. The number of aryl methyl sites for hydroxylation is 1. The first-order valence-electron chi connectivity index (χ1n) is 9.07. The first kappa shape index (κ1) is 19.1. The molecule has 1 saturated heterocycles. The van der Waals surface area contributed by atoms with E-state index in [2.05, 4.69) is 15.6 Å². The number of para-hydroxylation sites is 1. The third-order valence-corrected chi connectivity index (χ3v) is 4.37. The molecule has 0 spiro atoms. The third kappa shape index (κ3) is 5.96. The molecule has 0 aliphatic carbocycles. The van der Waals surface area contributed by atoms with E-state index in [1.54, 1.807) is 7.05 Å². The molecule has 1 fully saturated rings. The number of amides is 1. The second kappa shape index (κ2) is 9.91. The van der Waals surface area contributed by atoms with Gasteiger partial charge in [-0.2, -0.15) is 0 Å². The van der Waals surface area contributed by atoms with Crippen LogP contribution in [-0.4, -0.2) is 56.1 Å². The van der Waals surface area contributed by atoms with Gasteiger partial charge in [0.1, 0.15) is 5.75 Å². The zero-order chi connectivity index (χ0) is 18.1. The highest BCUT2D eigenvalue weighted by molar-refractivity contribution is 5.80. The Morgan fingerprint density at radius 1 is 1.40 bits per heavy atom. The Morgan fingerprint density at radius 2 is 2.20 bits per heavy atom. The molecule has 1 aromatic rings. The summed E-state index contributed by atoms with van der Waals surface area (Å²) >= 11 is 0. The number of hydrogen-bond acceptors (Lipinski definition) is 3. The molecule has 1 aliphatic heterocycles. The van der Waals surface area contributed by atoms with E-state index in [1.165, 1.54) is 0 Å². The van der Waals surface area contributed by atoms with Crippen LogP contribution in [0.5, 0.6) is 5.75 Å². The van der Waals surface area contributed by atoms with Crippen LogP contribution >= 0.6 is 0 Å². The van der Waals surface area contributed by atoms with Gasteiger partial charge in [0.2, 0.25) is 5.91 Å². The zero-order valence-electron chi connectivity index (χ0n) is 15.5. The Kier molecular flexibility index (Phi) is 7.57. The lowest BCUT2D eigenvalue weighted by molar-refractivity contribution is -0.129. The number of carbonyl (C=O) groups is 1. The van der Waals surface area contributed by atoms with Crippen LogP contribution in [0.4, 0.5) is 0 Å². The molecule has 0 saturated carbocycles. The molecule has 1 atom stereocenters. The fraction of sp³-hybridized carbons (Fsp3) is 0.579. The van der Waals surface area contributed by atoms with Crippen LogP contribution in [0.3, 0.4) is 0 Å². The molecule has 2 N–H and O–H groups in total. The van der Waals surface area contributed by atoms with E-state index in [0.717, 1.165) is 49.7 Å². The molecule has 6 heteroatoms. The molecule has 1 aliphatic rings. The van der Waals surface area contributed by atoms with Gasteiger partial charge in [0.25, 0.3) is 0 Å². The average molecular weight is 346 g/mol. The van der Waals surface area contributed by atoms with Gasteiger partial charge < -0.3 is 20.3 Å². The lowest BCUT2D eigenvalue weighted by Crippen LogP contribution is -2.45. The molecule has 0 aromatic heterocycles. The van der Waals surface area contributed by atoms with Crippen LogP contribution in [-0.2, 0) is 4.79 Å². The maximum Gasteiger partial charge on any atom is 0.222 e. The zero-order valence-corrected chi connectivity index (χ0v) is 15.5. The highest BCUT2D eigenvalue weighted by Crippen LogP contribution is 2.16. The van der Waals surface area contributed by atoms with E-state index in [4.69, 9.17) is 4.74 Å². The van der Waals surface area contributed by atoms with Gasteiger partial charge in [-0.25, -0.2) is 0 Å². The van der Waals surface area contributed by atoms with Gasteiger partial charge >= 0.3 is 0 Å². The fourth-order valence-corrected chi connectivity index (χ4v) is 2.90. The summed E-state index contributed by atoms with van der Waals surface area (Å²) < 4.78 is 5.79. The minimum absolute atomic E-state index is 0.223. The number of rotatable bonds is 7. The van der Waals surface area contributed by atoms with Crippen molar-refractivity contribution in [2.24, 2.45) is 4.99 Å². The van der Waals surface area contributed by atoms with Crippen molar-refractivity contribution in [2.45, 2.75) is 39.2 Å². The van der Waals surface area contributed by atoms with Gasteiger partial charge in [0, 0.05) is 39.1 Å². The molecule has 1 aromatic carbocycles. The van der Waals surface area contributed by atoms with Crippen molar-refractivity contribution >= 4 is 11.9 Å². The number of nitrogens with one attached hydrogen (secondary N) is 2. The summed E-state index contributed by atoms with van der Waals surface area (Å²) in [7, 11) is 1.77. The number of benzene rings is 1. The second-order valence-electron chi connectivity index (χ2n) is 6.29. The molecule has 1 heterocycles. The molecule has 6 nitrogen and oxygen atoms in total. The number of aliphatic imine (C=N–C) groups is 1. The number of guanidine groups is 1. The van der Waals surface area contributed by atoms with Crippen LogP contribution < -0.4 is 15.4 Å². The van der Waals surface area contributed by atoms with Gasteiger partial charge in [-0.05, 0) is 31.4 Å². The number of nitrogens with zero attached hydrogens (tertiary/aromatic N) is 2. The molecular weight excluding hydrogens is 316 g/mol. The molecule has 138 valence electrons. The minimum atomic E-state index is 0.223. The van der Waals surface area contributed by atoms with Crippen LogP contribution in [0.15, 0.2) is 29.3 Å². The van der Waals surface area contributed by atoms with Crippen LogP contribution in [0.25, 0.3) is 0 Å². The van der Waals surface area contributed by atoms with Crippen molar-refractivity contribution in [1.82, 2.24) is 15.5 Å². The predicted octanol–water partition coefficient (Wildman–Crippen LogP) is 1.94. The van der Waals surface area contributed by atoms with Gasteiger partial charge in [-0.15, -0.1) is 0 Å². The summed E-state index contributed by atoms with van der Waals surface area (Å²) in [6.07, 6.45) is 2.42. The smallest absolute Gasteiger partial charge is 0.222 e. The van der Waals surface area contributed by atoms with Crippen LogP contribution in [0.2, 0.25) is 0 Å². The van der Waals surface area contributed by atoms with Crippen LogP contribution in [0, 0.1) is 6.92 Å². The first-order chi connectivity index (χ1) is 12.1. The summed E-state index contributed by atoms with van der Waals surface area (Å²) in [5, 5.41) is 6.71. The normalized spacial score (nSPS) is 17.5. The monoisotopic (exact) mass is 346 g/mol. The molecule has 25 heavy (non-hydrogen) atoms. The number of likely N-dealkylation sites (tertiary alicyclic amines) is 1. The van der Waals surface area contributed by atoms with Gasteiger partial charge in [0.15, 0.2) is 5.96 Å². The van der Waals surface area contributed by atoms with Crippen molar-refractivity contribution in [3.05, 3.63) is 29.8 Å². The maximum atomic E-state index is 11.7. The predicted molar refractivity (Wildman–Crippen MR) is 101 cm³/mol. The standard InChI is InChI=1S/C19H30N4O2/c1-4-18(24)23-12-10-16(14-23)22-19(20-3)21-11-7-13-25-17-9-6-5-8-15(17)2/h5-6,8-9,16H,4,7,10-14H2,1-3H3,(H2,20,21,22). The van der Waals surface area contributed by atoms with Crippen molar-refractivity contribution in [1.29, 1.82) is 0 Å². The van der Waals surface area contributed by atoms with E-state index in [-0.39, 0.29) is 11.9 Å². The van der Waals surface area contributed by atoms with E-state index >= 15 is 0 Å². The van der Waals surface area contributed by atoms with E-state index in [1.807, 2.05) is 43.0 Å². The molecule has 0 bridgehead atoms. The molecule has 0 radical (unpaired) electrons. The summed E-state index contributed by atoms with van der Waals surface area (Å²) in [4.78, 5) is 17.9. The molecule has 1 amide bonds. The minimum Gasteiger partial charge on any atom is -0.493 e. The fourth-order valence-electron chi connectivity index (χ4n) is 2.90. The SMILES string of the molecule is CCC(=O)N1CCC(NC(=NC)NCCCOc2ccccc2C)C1. The van der Waals surface area contributed by atoms with Gasteiger partial charge in [-0.3, -0.25) is 9.79 Å². The van der Waals surface area contributed by atoms with E-state index < -0.39 is 0 Å². The van der Waals surface area contributed by atoms with Crippen molar-refractivity contribution < 1.29 is 9.53 Å². The van der Waals surface area contributed by atoms with Crippen LogP contribution in [0.1, 0.15) is 31.7 Å². The molecular formula is C19H30N4O2. The first-order valence-corrected chi connectivity index (χ1v) is 9.07. The second-order valence-corrected chi connectivity index (χ2v) is 6.29. The average Bonchev–Trinajstić information content (AvgIpc) is 3.09. The molecule has 1 unspecified atom stereocenters. The Hall–Kier alpha value is -2.24. The summed E-state index contributed by atoms with van der Waals surface area (Å²) in [5.74, 6) is 1.95. The topological polar surface area (TPSA) is 66.0 Å². The Bertz CT molecular complexity index is 589. The molecule has 2 rings (SSSR count). The van der Waals surface area contributed by atoms with Crippen molar-refractivity contribution in [2.75, 3.05) is 33.3 Å². The Balaban J connectivity index is 1.64. The van der Waals surface area contributed by atoms with Crippen molar-refractivity contribution in [3.63, 3.8) is 0 Å². The lowest BCUT2D eigenvalue weighted by atomic mass is 10.2. The van der Waals surface area contributed by atoms with Gasteiger partial charge in [-0.1, -0.05) is 25.1 Å². The van der Waals surface area contributed by atoms with E-state index in [9.17, 15) is 4.79 Å². The summed E-state index contributed by atoms with van der Waals surface area (Å²) in [6, 6.07) is 8.31. The van der Waals surface area contributed by atoms with Crippen molar-refractivity contribution in [3.8, 4) is 5.75 Å². The Morgan fingerprint density at radius 3 is 2.92 bits per heavy atom. The Labute approximate surface area is 150 Å². The largest absolute Gasteiger partial charge is 0.493 e. The summed E-state index contributed by atoms with van der Waals surface area (Å²) in [5.41, 5.74) is 1.15. The number of hydrogen-bond donors (Lipinski definition) is 2. The number of carbonyl (C=O) groups excluding carboxylic acids is 1. The number of ether oxygens (including phenoxy) is 1. The quantitative estimate of drug-likeness (QED) is 0.450.